The van der Waals surface area contributed by atoms with Crippen LogP contribution >= 0.6 is 15.9 Å². The number of carboxylic acid groups (broad SMARTS) is 1. The van der Waals surface area contributed by atoms with Crippen LogP contribution in [0.3, 0.4) is 0 Å². The Morgan fingerprint density at radius 3 is 2.78 bits per heavy atom. The third-order valence-electron chi connectivity index (χ3n) is 2.13. The summed E-state index contributed by atoms with van der Waals surface area (Å²) >= 11 is 3.10. The van der Waals surface area contributed by atoms with Crippen molar-refractivity contribution in [3.63, 3.8) is 0 Å². The second-order valence-corrected chi connectivity index (χ2v) is 4.80. The maximum Gasteiger partial charge on any atom is 0.326 e. The molecule has 0 amide bonds. The molecule has 0 aliphatic rings. The zero-order valence-electron chi connectivity index (χ0n) is 9.42. The first-order chi connectivity index (χ1) is 8.24. The van der Waals surface area contributed by atoms with E-state index in [1.165, 1.54) is 19.1 Å². The molecule has 98 valence electrons. The van der Waals surface area contributed by atoms with Crippen LogP contribution in [-0.2, 0) is 4.79 Å². The molecule has 0 spiro atoms. The molecule has 1 unspecified atom stereocenters. The first-order valence-corrected chi connectivity index (χ1v) is 5.62. The zero-order valence-corrected chi connectivity index (χ0v) is 11.0. The molecular weight excluding hydrogens is 308 g/mol. The summed E-state index contributed by atoms with van der Waals surface area (Å²) in [6.07, 6.45) is 0. The summed E-state index contributed by atoms with van der Waals surface area (Å²) < 4.78 is 5.63. The molecule has 0 heterocycles. The molecule has 1 atom stereocenters. The predicted molar refractivity (Wildman–Crippen MR) is 66.5 cm³/mol. The highest BCUT2D eigenvalue weighted by molar-refractivity contribution is 9.10. The number of rotatable bonds is 5. The van der Waals surface area contributed by atoms with Crippen LogP contribution in [0.5, 0.6) is 5.75 Å². The summed E-state index contributed by atoms with van der Waals surface area (Å²) in [5.41, 5.74) is 3.59. The normalized spacial score (nSPS) is 13.7. The third kappa shape index (κ3) is 3.41. The molecule has 3 N–H and O–H groups in total. The first kappa shape index (κ1) is 14.4. The summed E-state index contributed by atoms with van der Waals surface area (Å²) in [6.45, 7) is 0.894. The van der Waals surface area contributed by atoms with Gasteiger partial charge in [0.2, 0.25) is 0 Å². The van der Waals surface area contributed by atoms with Gasteiger partial charge in [0.15, 0.2) is 5.75 Å². The Morgan fingerprint density at radius 1 is 1.67 bits per heavy atom. The summed E-state index contributed by atoms with van der Waals surface area (Å²) in [7, 11) is 0. The number of aliphatic carboxylic acids is 1. The van der Waals surface area contributed by atoms with E-state index in [2.05, 4.69) is 15.9 Å². The Bertz CT molecular complexity index is 489. The maximum absolute atomic E-state index is 10.8. The number of hydrogen-bond donors (Lipinski definition) is 2. The minimum atomic E-state index is -1.61. The summed E-state index contributed by atoms with van der Waals surface area (Å²) in [6, 6.07) is 4.20. The van der Waals surface area contributed by atoms with Crippen molar-refractivity contribution in [1.82, 2.24) is 0 Å². The summed E-state index contributed by atoms with van der Waals surface area (Å²) in [5.74, 6) is -1.27. The van der Waals surface area contributed by atoms with E-state index in [4.69, 9.17) is 15.6 Å². The van der Waals surface area contributed by atoms with Gasteiger partial charge in [0.1, 0.15) is 12.1 Å². The zero-order chi connectivity index (χ0) is 13.9. The minimum Gasteiger partial charge on any atom is -0.484 e. The highest BCUT2D eigenvalue weighted by atomic mass is 79.9. The largest absolute Gasteiger partial charge is 0.484 e. The van der Waals surface area contributed by atoms with Crippen LogP contribution in [0.1, 0.15) is 6.92 Å². The fourth-order valence-electron chi connectivity index (χ4n) is 1.04. The van der Waals surface area contributed by atoms with Crippen LogP contribution in [0.4, 0.5) is 5.69 Å². The fraction of sp³-hybridized carbons (Fsp3) is 0.300. The van der Waals surface area contributed by atoms with Crippen LogP contribution in [0, 0.1) is 10.1 Å². The van der Waals surface area contributed by atoms with Crippen molar-refractivity contribution in [3.8, 4) is 5.75 Å². The molecule has 0 bridgehead atoms. The van der Waals surface area contributed by atoms with Crippen molar-refractivity contribution in [1.29, 1.82) is 0 Å². The standard InChI is InChI=1S/C10H11BrN2O5/c1-10(12,9(14)15)5-18-8-3-2-6(11)4-7(8)13(16)17/h2-4H,5,12H2,1H3,(H,14,15). The highest BCUT2D eigenvalue weighted by Crippen LogP contribution is 2.30. The van der Waals surface area contributed by atoms with Gasteiger partial charge in [0.05, 0.1) is 4.92 Å². The molecule has 18 heavy (non-hydrogen) atoms. The van der Waals surface area contributed by atoms with Crippen LogP contribution in [0.15, 0.2) is 22.7 Å². The van der Waals surface area contributed by atoms with Crippen molar-refractivity contribution >= 4 is 27.6 Å². The molecule has 0 radical (unpaired) electrons. The second kappa shape index (κ2) is 5.32. The summed E-state index contributed by atoms with van der Waals surface area (Å²) in [5, 5.41) is 19.6. The van der Waals surface area contributed by atoms with Gasteiger partial charge in [0.25, 0.3) is 0 Å². The van der Waals surface area contributed by atoms with Crippen LogP contribution in [0.2, 0.25) is 0 Å². The SMILES string of the molecule is CC(N)(COc1ccc(Br)cc1[N+](=O)[O-])C(=O)O. The van der Waals surface area contributed by atoms with Gasteiger partial charge in [0, 0.05) is 10.5 Å². The minimum absolute atomic E-state index is 0.0267. The Labute approximate surface area is 111 Å². The molecular formula is C10H11BrN2O5. The van der Waals surface area contributed by atoms with E-state index < -0.39 is 16.4 Å². The lowest BCUT2D eigenvalue weighted by Crippen LogP contribution is -2.50. The number of ether oxygens (including phenoxy) is 1. The first-order valence-electron chi connectivity index (χ1n) is 4.83. The van der Waals surface area contributed by atoms with E-state index in [0.29, 0.717) is 4.47 Å². The predicted octanol–water partition coefficient (Wildman–Crippen LogP) is 1.54. The lowest BCUT2D eigenvalue weighted by Gasteiger charge is -2.19. The van der Waals surface area contributed by atoms with Gasteiger partial charge in [-0.1, -0.05) is 15.9 Å². The lowest BCUT2D eigenvalue weighted by atomic mass is 10.1. The van der Waals surface area contributed by atoms with E-state index in [1.54, 1.807) is 6.07 Å². The van der Waals surface area contributed by atoms with Gasteiger partial charge < -0.3 is 15.6 Å². The van der Waals surface area contributed by atoms with Crippen molar-refractivity contribution in [2.45, 2.75) is 12.5 Å². The number of hydrogen-bond acceptors (Lipinski definition) is 5. The monoisotopic (exact) mass is 318 g/mol. The number of nitro groups is 1. The average Bonchev–Trinajstić information content (AvgIpc) is 2.27. The molecule has 1 aromatic carbocycles. The number of carboxylic acids is 1. The van der Waals surface area contributed by atoms with Crippen LogP contribution in [-0.4, -0.2) is 28.1 Å². The number of nitrogens with zero attached hydrogens (tertiary/aromatic N) is 1. The lowest BCUT2D eigenvalue weighted by molar-refractivity contribution is -0.386. The molecule has 0 saturated heterocycles. The smallest absolute Gasteiger partial charge is 0.326 e. The molecule has 0 aromatic heterocycles. The number of nitro benzene ring substituents is 1. The number of halogens is 1. The van der Waals surface area contributed by atoms with Gasteiger partial charge in [-0.05, 0) is 19.1 Å². The van der Waals surface area contributed by atoms with E-state index in [1.807, 2.05) is 0 Å². The van der Waals surface area contributed by atoms with E-state index in [-0.39, 0.29) is 18.0 Å². The van der Waals surface area contributed by atoms with Crippen LogP contribution < -0.4 is 10.5 Å². The van der Waals surface area contributed by atoms with Crippen molar-refractivity contribution in [3.05, 3.63) is 32.8 Å². The molecule has 0 aliphatic carbocycles. The van der Waals surface area contributed by atoms with Gasteiger partial charge in [-0.2, -0.15) is 0 Å². The van der Waals surface area contributed by atoms with Gasteiger partial charge in [-0.25, -0.2) is 0 Å². The molecule has 0 aliphatic heterocycles. The quantitative estimate of drug-likeness (QED) is 0.628. The topological polar surface area (TPSA) is 116 Å². The number of carbonyl (C=O) groups is 1. The van der Waals surface area contributed by atoms with Crippen LogP contribution in [0.25, 0.3) is 0 Å². The Hall–Kier alpha value is -1.67. The maximum atomic E-state index is 10.8. The van der Waals surface area contributed by atoms with E-state index in [9.17, 15) is 14.9 Å². The fourth-order valence-corrected chi connectivity index (χ4v) is 1.39. The van der Waals surface area contributed by atoms with Gasteiger partial charge in [-0.15, -0.1) is 0 Å². The van der Waals surface area contributed by atoms with Crippen molar-refractivity contribution in [2.75, 3.05) is 6.61 Å². The molecule has 0 saturated carbocycles. The molecule has 1 rings (SSSR count). The Kier molecular flexibility index (Phi) is 4.25. The number of nitrogens with two attached hydrogens (primary N) is 1. The molecule has 7 nitrogen and oxygen atoms in total. The van der Waals surface area contributed by atoms with E-state index >= 15 is 0 Å². The Morgan fingerprint density at radius 2 is 2.28 bits per heavy atom. The highest BCUT2D eigenvalue weighted by Gasteiger charge is 2.30. The molecule has 1 aromatic rings. The molecule has 8 heteroatoms. The number of benzene rings is 1. The third-order valence-corrected chi connectivity index (χ3v) is 2.63. The van der Waals surface area contributed by atoms with Crippen molar-refractivity contribution < 1.29 is 19.6 Å². The van der Waals surface area contributed by atoms with Gasteiger partial charge in [-0.3, -0.25) is 14.9 Å². The van der Waals surface area contributed by atoms with Gasteiger partial charge >= 0.3 is 11.7 Å². The van der Waals surface area contributed by atoms with Crippen molar-refractivity contribution in [2.24, 2.45) is 5.73 Å². The Balaban J connectivity index is 2.92. The second-order valence-electron chi connectivity index (χ2n) is 3.88. The molecule has 0 fully saturated rings. The average molecular weight is 319 g/mol. The van der Waals surface area contributed by atoms with E-state index in [0.717, 1.165) is 0 Å². The summed E-state index contributed by atoms with van der Waals surface area (Å²) in [4.78, 5) is 20.9.